The van der Waals surface area contributed by atoms with Gasteiger partial charge in [-0.15, -0.1) is 0 Å². The average Bonchev–Trinajstić information content (AvgIpc) is 2.68. The zero-order chi connectivity index (χ0) is 20.3. The van der Waals surface area contributed by atoms with Gasteiger partial charge in [0.05, 0.1) is 0 Å². The van der Waals surface area contributed by atoms with Crippen molar-refractivity contribution in [1.29, 1.82) is 0 Å². The predicted octanol–water partition coefficient (Wildman–Crippen LogP) is 2.87. The summed E-state index contributed by atoms with van der Waals surface area (Å²) in [5.74, 6) is 0.640. The molecule has 28 heavy (non-hydrogen) atoms. The van der Waals surface area contributed by atoms with Crippen molar-refractivity contribution in [2.45, 2.75) is 33.6 Å². The second kappa shape index (κ2) is 8.37. The Labute approximate surface area is 165 Å². The molecule has 3 rings (SSSR count). The Morgan fingerprint density at radius 2 is 1.86 bits per heavy atom. The molecule has 2 aromatic rings. The molecule has 0 atom stereocenters. The van der Waals surface area contributed by atoms with Gasteiger partial charge in [-0.05, 0) is 37.0 Å². The van der Waals surface area contributed by atoms with Gasteiger partial charge in [0.25, 0.3) is 5.91 Å². The van der Waals surface area contributed by atoms with Crippen LogP contribution >= 0.6 is 0 Å². The number of rotatable bonds is 5. The summed E-state index contributed by atoms with van der Waals surface area (Å²) in [5.41, 5.74) is 4.37. The zero-order valence-electron chi connectivity index (χ0n) is 16.9. The number of hydrogen-bond acceptors (Lipinski definition) is 5. The molecule has 1 aliphatic rings. The maximum atomic E-state index is 12.9. The van der Waals surface area contributed by atoms with Gasteiger partial charge in [0.1, 0.15) is 5.69 Å². The van der Waals surface area contributed by atoms with Crippen molar-refractivity contribution in [2.24, 2.45) is 0 Å². The van der Waals surface area contributed by atoms with E-state index >= 15 is 0 Å². The Bertz CT molecular complexity index is 873. The maximum Gasteiger partial charge on any atom is 0.272 e. The van der Waals surface area contributed by atoms with Crippen LogP contribution in [0.15, 0.2) is 24.3 Å². The van der Waals surface area contributed by atoms with Crippen LogP contribution in [0.5, 0.6) is 0 Å². The summed E-state index contributed by atoms with van der Waals surface area (Å²) >= 11 is 0. The van der Waals surface area contributed by atoms with Crippen molar-refractivity contribution in [3.05, 3.63) is 46.8 Å². The number of amides is 2. The van der Waals surface area contributed by atoms with Gasteiger partial charge in [-0.3, -0.25) is 9.59 Å². The molecule has 1 aliphatic heterocycles. The van der Waals surface area contributed by atoms with Gasteiger partial charge in [0.15, 0.2) is 0 Å². The highest BCUT2D eigenvalue weighted by Crippen LogP contribution is 2.29. The average molecular weight is 381 g/mol. The van der Waals surface area contributed by atoms with E-state index in [4.69, 9.17) is 0 Å². The Hall–Kier alpha value is -2.96. The summed E-state index contributed by atoms with van der Waals surface area (Å²) in [6.45, 7) is 10.3. The van der Waals surface area contributed by atoms with Crippen LogP contribution in [0.4, 0.5) is 11.6 Å². The molecular weight excluding hydrogens is 354 g/mol. The van der Waals surface area contributed by atoms with Crippen LogP contribution in [-0.4, -0.2) is 58.3 Å². The van der Waals surface area contributed by atoms with Crippen LogP contribution in [0.3, 0.4) is 0 Å². The SMILES string of the molecule is Cc1cc(C(=O)N2CCN(C=O)CC2)nc(Nc2c(C)cccc2C(C)C)n1. The minimum atomic E-state index is -0.132. The van der Waals surface area contributed by atoms with E-state index in [1.54, 1.807) is 15.9 Å². The van der Waals surface area contributed by atoms with E-state index in [0.29, 0.717) is 43.7 Å². The first kappa shape index (κ1) is 19.8. The third-order valence-corrected chi connectivity index (χ3v) is 4.99. The molecule has 7 heteroatoms. The van der Waals surface area contributed by atoms with Crippen LogP contribution in [0, 0.1) is 13.8 Å². The molecule has 0 radical (unpaired) electrons. The number of nitrogens with zero attached hydrogens (tertiary/aromatic N) is 4. The topological polar surface area (TPSA) is 78.4 Å². The van der Waals surface area contributed by atoms with E-state index in [-0.39, 0.29) is 5.91 Å². The molecule has 2 amide bonds. The van der Waals surface area contributed by atoms with Crippen molar-refractivity contribution < 1.29 is 9.59 Å². The highest BCUT2D eigenvalue weighted by Gasteiger charge is 2.23. The molecule has 0 unspecified atom stereocenters. The number of anilines is 2. The van der Waals surface area contributed by atoms with Crippen LogP contribution in [0.1, 0.15) is 47.1 Å². The lowest BCUT2D eigenvalue weighted by molar-refractivity contribution is -0.119. The van der Waals surface area contributed by atoms with Gasteiger partial charge in [0.2, 0.25) is 12.4 Å². The Balaban J connectivity index is 1.85. The number of hydrogen-bond donors (Lipinski definition) is 1. The van der Waals surface area contributed by atoms with E-state index in [0.717, 1.165) is 23.4 Å². The lowest BCUT2D eigenvalue weighted by atomic mass is 9.98. The predicted molar refractivity (Wildman–Crippen MR) is 109 cm³/mol. The lowest BCUT2D eigenvalue weighted by Crippen LogP contribution is -2.48. The minimum absolute atomic E-state index is 0.132. The normalized spacial score (nSPS) is 14.3. The van der Waals surface area contributed by atoms with E-state index in [2.05, 4.69) is 35.2 Å². The van der Waals surface area contributed by atoms with Crippen LogP contribution in [0.25, 0.3) is 0 Å². The first-order chi connectivity index (χ1) is 13.4. The molecule has 0 bridgehead atoms. The molecule has 1 N–H and O–H groups in total. The van der Waals surface area contributed by atoms with Gasteiger partial charge in [0, 0.05) is 37.6 Å². The molecule has 1 aromatic heterocycles. The Morgan fingerprint density at radius 1 is 1.14 bits per heavy atom. The molecule has 2 heterocycles. The molecule has 7 nitrogen and oxygen atoms in total. The second-order valence-corrected chi connectivity index (χ2v) is 7.47. The van der Waals surface area contributed by atoms with Crippen molar-refractivity contribution in [3.8, 4) is 0 Å². The summed E-state index contributed by atoms with van der Waals surface area (Å²) in [5, 5.41) is 3.33. The number of aryl methyl sites for hydroxylation is 2. The molecule has 148 valence electrons. The number of para-hydroxylation sites is 1. The smallest absolute Gasteiger partial charge is 0.272 e. The highest BCUT2D eigenvalue weighted by molar-refractivity contribution is 5.93. The van der Waals surface area contributed by atoms with E-state index in [1.807, 2.05) is 26.0 Å². The number of aromatic nitrogens is 2. The summed E-state index contributed by atoms with van der Waals surface area (Å²) in [6.07, 6.45) is 0.827. The summed E-state index contributed by atoms with van der Waals surface area (Å²) in [6, 6.07) is 7.89. The lowest BCUT2D eigenvalue weighted by Gasteiger charge is -2.32. The van der Waals surface area contributed by atoms with Crippen molar-refractivity contribution >= 4 is 24.0 Å². The van der Waals surface area contributed by atoms with Gasteiger partial charge < -0.3 is 15.1 Å². The standard InChI is InChI=1S/C21H27N5O2/c1-14(2)17-7-5-6-15(3)19(17)24-21-22-16(4)12-18(23-21)20(28)26-10-8-25(13-27)9-11-26/h5-7,12-14H,8-11H2,1-4H3,(H,22,23,24). The van der Waals surface area contributed by atoms with Gasteiger partial charge >= 0.3 is 0 Å². The zero-order valence-corrected chi connectivity index (χ0v) is 16.9. The van der Waals surface area contributed by atoms with E-state index in [1.165, 1.54) is 5.56 Å². The fourth-order valence-electron chi connectivity index (χ4n) is 3.38. The first-order valence-corrected chi connectivity index (χ1v) is 9.60. The minimum Gasteiger partial charge on any atom is -0.342 e. The van der Waals surface area contributed by atoms with Crippen molar-refractivity contribution in [2.75, 3.05) is 31.5 Å². The summed E-state index contributed by atoms with van der Waals surface area (Å²) in [7, 11) is 0. The highest BCUT2D eigenvalue weighted by atomic mass is 16.2. The fourth-order valence-corrected chi connectivity index (χ4v) is 3.38. The molecule has 0 spiro atoms. The van der Waals surface area contributed by atoms with E-state index in [9.17, 15) is 9.59 Å². The largest absolute Gasteiger partial charge is 0.342 e. The van der Waals surface area contributed by atoms with Crippen molar-refractivity contribution in [1.82, 2.24) is 19.8 Å². The molecule has 1 aromatic carbocycles. The molecule has 1 fully saturated rings. The van der Waals surface area contributed by atoms with Gasteiger partial charge in [-0.2, -0.15) is 0 Å². The van der Waals surface area contributed by atoms with Crippen LogP contribution in [0.2, 0.25) is 0 Å². The molecular formula is C21H27N5O2. The molecule has 1 saturated heterocycles. The maximum absolute atomic E-state index is 12.9. The molecule has 0 saturated carbocycles. The monoisotopic (exact) mass is 381 g/mol. The fraction of sp³-hybridized carbons (Fsp3) is 0.429. The number of nitrogens with one attached hydrogen (secondary N) is 1. The van der Waals surface area contributed by atoms with E-state index < -0.39 is 0 Å². The Morgan fingerprint density at radius 3 is 2.50 bits per heavy atom. The number of carbonyl (C=O) groups is 2. The molecule has 0 aliphatic carbocycles. The first-order valence-electron chi connectivity index (χ1n) is 9.60. The van der Waals surface area contributed by atoms with Crippen LogP contribution < -0.4 is 5.32 Å². The number of piperazine rings is 1. The van der Waals surface area contributed by atoms with Crippen molar-refractivity contribution in [3.63, 3.8) is 0 Å². The van der Waals surface area contributed by atoms with Gasteiger partial charge in [-0.1, -0.05) is 32.0 Å². The Kier molecular flexibility index (Phi) is 5.92. The summed E-state index contributed by atoms with van der Waals surface area (Å²) in [4.78, 5) is 36.1. The third kappa shape index (κ3) is 4.30. The quantitative estimate of drug-likeness (QED) is 0.806. The van der Waals surface area contributed by atoms with Gasteiger partial charge in [-0.25, -0.2) is 9.97 Å². The summed E-state index contributed by atoms with van der Waals surface area (Å²) < 4.78 is 0. The number of benzene rings is 1. The third-order valence-electron chi connectivity index (χ3n) is 4.99. The van der Waals surface area contributed by atoms with Crippen LogP contribution in [-0.2, 0) is 4.79 Å². The number of carbonyl (C=O) groups excluding carboxylic acids is 2. The second-order valence-electron chi connectivity index (χ2n) is 7.47.